The molecule has 4 nitrogen and oxygen atoms in total. The third kappa shape index (κ3) is 4.77. The van der Waals surface area contributed by atoms with Gasteiger partial charge in [-0.1, -0.05) is 18.2 Å². The van der Waals surface area contributed by atoms with E-state index in [2.05, 4.69) is 11.3 Å². The number of esters is 2. The lowest BCUT2D eigenvalue weighted by Crippen LogP contribution is -2.37. The first-order chi connectivity index (χ1) is 11.2. The summed E-state index contributed by atoms with van der Waals surface area (Å²) < 4.78 is 46.7. The highest BCUT2D eigenvalue weighted by Gasteiger charge is 2.50. The zero-order valence-electron chi connectivity index (χ0n) is 13.2. The van der Waals surface area contributed by atoms with Gasteiger partial charge in [-0.15, -0.1) is 6.58 Å². The molecule has 1 atom stereocenters. The summed E-state index contributed by atoms with van der Waals surface area (Å²) in [6.45, 7) is 4.86. The molecule has 0 radical (unpaired) electrons. The van der Waals surface area contributed by atoms with Crippen molar-refractivity contribution in [2.45, 2.75) is 23.6 Å². The van der Waals surface area contributed by atoms with Crippen molar-refractivity contribution in [2.24, 2.45) is 0 Å². The normalized spacial score (nSPS) is 13.7. The van der Waals surface area contributed by atoms with Crippen molar-refractivity contribution < 1.29 is 32.2 Å². The van der Waals surface area contributed by atoms with E-state index in [0.29, 0.717) is 0 Å². The molecule has 0 bridgehead atoms. The summed E-state index contributed by atoms with van der Waals surface area (Å²) in [4.78, 5) is 24.0. The van der Waals surface area contributed by atoms with E-state index in [-0.39, 0.29) is 24.2 Å². The minimum atomic E-state index is -4.70. The topological polar surface area (TPSA) is 52.6 Å². The summed E-state index contributed by atoms with van der Waals surface area (Å²) in [7, 11) is 1.15. The Hall–Kier alpha value is -1.96. The number of methoxy groups -OCH3 is 1. The number of allylic oxidation sites excluding steroid dienone is 1. The maximum Gasteiger partial charge on any atom is 0.443 e. The number of hydrogen-bond acceptors (Lipinski definition) is 5. The first-order valence-electron chi connectivity index (χ1n) is 6.94. The fourth-order valence-electron chi connectivity index (χ4n) is 2.13. The van der Waals surface area contributed by atoms with Crippen molar-refractivity contribution in [1.82, 2.24) is 0 Å². The molecule has 1 unspecified atom stereocenters. The Morgan fingerprint density at radius 1 is 1.33 bits per heavy atom. The monoisotopic (exact) mass is 362 g/mol. The molecule has 0 aliphatic carbocycles. The Labute approximate surface area is 142 Å². The van der Waals surface area contributed by atoms with Crippen LogP contribution in [0.5, 0.6) is 0 Å². The number of rotatable bonds is 7. The van der Waals surface area contributed by atoms with E-state index < -0.39 is 34.0 Å². The summed E-state index contributed by atoms with van der Waals surface area (Å²) >= 11 is -0.495. The van der Waals surface area contributed by atoms with E-state index in [4.69, 9.17) is 4.74 Å². The summed E-state index contributed by atoms with van der Waals surface area (Å²) in [5, 5.41) is 0. The standard InChI is InChI=1S/C16H17F3O4S/c1-4-9-15(14(21)23-5-2,24-16(17,18)19)12-8-6-7-11(10-12)13(20)22-3/h4,6-8,10H,1,5,9H2,2-3H3. The summed E-state index contributed by atoms with van der Waals surface area (Å²) in [6, 6.07) is 5.31. The van der Waals surface area contributed by atoms with Gasteiger partial charge in [0.1, 0.15) is 4.75 Å². The fourth-order valence-corrected chi connectivity index (χ4v) is 3.11. The molecule has 24 heavy (non-hydrogen) atoms. The van der Waals surface area contributed by atoms with Crippen LogP contribution in [0.4, 0.5) is 13.2 Å². The second kappa shape index (κ2) is 8.23. The molecule has 0 amide bonds. The molecule has 0 aromatic heterocycles. The number of halogens is 3. The van der Waals surface area contributed by atoms with Gasteiger partial charge in [0.15, 0.2) is 0 Å². The maximum absolute atomic E-state index is 13.1. The van der Waals surface area contributed by atoms with Crippen LogP contribution in [0.2, 0.25) is 0 Å². The molecule has 1 aromatic rings. The number of benzene rings is 1. The largest absolute Gasteiger partial charge is 0.465 e. The van der Waals surface area contributed by atoms with Gasteiger partial charge in [-0.3, -0.25) is 4.79 Å². The van der Waals surface area contributed by atoms with Crippen molar-refractivity contribution >= 4 is 23.7 Å². The smallest absolute Gasteiger partial charge is 0.443 e. The van der Waals surface area contributed by atoms with E-state index in [1.807, 2.05) is 0 Å². The molecule has 1 aromatic carbocycles. The van der Waals surface area contributed by atoms with Gasteiger partial charge in [0.25, 0.3) is 0 Å². The number of thioether (sulfide) groups is 1. The Kier molecular flexibility index (Phi) is 6.89. The average molecular weight is 362 g/mol. The van der Waals surface area contributed by atoms with Crippen LogP contribution in [0.25, 0.3) is 0 Å². The van der Waals surface area contributed by atoms with Gasteiger partial charge in [0, 0.05) is 0 Å². The first-order valence-corrected chi connectivity index (χ1v) is 7.75. The molecule has 132 valence electrons. The summed E-state index contributed by atoms with van der Waals surface area (Å²) in [5.41, 5.74) is -4.67. The molecular formula is C16H17F3O4S. The minimum absolute atomic E-state index is 0.00826. The van der Waals surface area contributed by atoms with Gasteiger partial charge < -0.3 is 9.47 Å². The van der Waals surface area contributed by atoms with E-state index in [1.54, 1.807) is 0 Å². The second-order valence-corrected chi connectivity index (χ2v) is 6.02. The van der Waals surface area contributed by atoms with Gasteiger partial charge in [0.2, 0.25) is 0 Å². The molecule has 0 aliphatic rings. The number of alkyl halides is 3. The third-order valence-electron chi connectivity index (χ3n) is 3.08. The van der Waals surface area contributed by atoms with Crippen LogP contribution in [-0.2, 0) is 19.0 Å². The first kappa shape index (κ1) is 20.1. The Balaban J connectivity index is 3.52. The SMILES string of the molecule is C=CCC(SC(F)(F)F)(C(=O)OCC)c1cccc(C(=O)OC)c1. The van der Waals surface area contributed by atoms with Crippen molar-refractivity contribution in [1.29, 1.82) is 0 Å². The van der Waals surface area contributed by atoms with E-state index in [0.717, 1.165) is 7.11 Å². The lowest BCUT2D eigenvalue weighted by Gasteiger charge is -2.31. The van der Waals surface area contributed by atoms with Crippen molar-refractivity contribution in [2.75, 3.05) is 13.7 Å². The van der Waals surface area contributed by atoms with Gasteiger partial charge in [-0.05, 0) is 42.8 Å². The van der Waals surface area contributed by atoms with Gasteiger partial charge in [-0.25, -0.2) is 4.79 Å². The molecular weight excluding hydrogens is 345 g/mol. The average Bonchev–Trinajstić information content (AvgIpc) is 2.52. The Bertz CT molecular complexity index is 616. The maximum atomic E-state index is 13.1. The van der Waals surface area contributed by atoms with Crippen LogP contribution in [0, 0.1) is 0 Å². The lowest BCUT2D eigenvalue weighted by atomic mass is 9.93. The molecule has 0 N–H and O–H groups in total. The van der Waals surface area contributed by atoms with E-state index >= 15 is 0 Å². The molecule has 1 rings (SSSR count). The molecule has 0 heterocycles. The second-order valence-electron chi connectivity index (χ2n) is 4.66. The Morgan fingerprint density at radius 2 is 2.00 bits per heavy atom. The summed E-state index contributed by atoms with van der Waals surface area (Å²) in [6.07, 6.45) is 0.890. The quantitative estimate of drug-likeness (QED) is 0.541. The van der Waals surface area contributed by atoms with Crippen LogP contribution in [-0.4, -0.2) is 31.2 Å². The molecule has 8 heteroatoms. The highest BCUT2D eigenvalue weighted by Crippen LogP contribution is 2.50. The molecule has 0 aliphatic heterocycles. The van der Waals surface area contributed by atoms with Crippen LogP contribution >= 0.6 is 11.8 Å². The van der Waals surface area contributed by atoms with Crippen LogP contribution in [0.3, 0.4) is 0 Å². The Morgan fingerprint density at radius 3 is 2.50 bits per heavy atom. The molecule has 0 fully saturated rings. The van der Waals surface area contributed by atoms with Crippen LogP contribution < -0.4 is 0 Å². The number of carbonyl (C=O) groups is 2. The molecule has 0 saturated carbocycles. The highest BCUT2D eigenvalue weighted by molar-refractivity contribution is 8.01. The van der Waals surface area contributed by atoms with Gasteiger partial charge in [0.05, 0.1) is 19.3 Å². The zero-order valence-corrected chi connectivity index (χ0v) is 14.0. The number of hydrogen-bond donors (Lipinski definition) is 0. The van der Waals surface area contributed by atoms with E-state index in [1.165, 1.54) is 37.3 Å². The van der Waals surface area contributed by atoms with Crippen LogP contribution in [0.15, 0.2) is 36.9 Å². The lowest BCUT2D eigenvalue weighted by molar-refractivity contribution is -0.146. The van der Waals surface area contributed by atoms with Gasteiger partial charge in [-0.2, -0.15) is 13.2 Å². The predicted molar refractivity (Wildman–Crippen MR) is 84.6 cm³/mol. The van der Waals surface area contributed by atoms with Crippen molar-refractivity contribution in [3.63, 3.8) is 0 Å². The van der Waals surface area contributed by atoms with E-state index in [9.17, 15) is 22.8 Å². The summed E-state index contributed by atoms with van der Waals surface area (Å²) in [5.74, 6) is -1.76. The molecule has 0 saturated heterocycles. The minimum Gasteiger partial charge on any atom is -0.465 e. The predicted octanol–water partition coefficient (Wildman–Crippen LogP) is 4.06. The third-order valence-corrected chi connectivity index (χ3v) is 4.23. The van der Waals surface area contributed by atoms with Crippen molar-refractivity contribution in [3.05, 3.63) is 48.0 Å². The number of carbonyl (C=O) groups excluding carboxylic acids is 2. The van der Waals surface area contributed by atoms with Gasteiger partial charge >= 0.3 is 17.4 Å². The van der Waals surface area contributed by atoms with Crippen LogP contribution in [0.1, 0.15) is 29.3 Å². The number of ether oxygens (including phenoxy) is 2. The fraction of sp³-hybridized carbons (Fsp3) is 0.375. The zero-order chi connectivity index (χ0) is 18.4. The molecule has 0 spiro atoms. The van der Waals surface area contributed by atoms with Crippen molar-refractivity contribution in [3.8, 4) is 0 Å². The highest BCUT2D eigenvalue weighted by atomic mass is 32.2.